The molecule has 2 nitrogen and oxygen atoms in total. The van der Waals surface area contributed by atoms with Crippen LogP contribution in [0.15, 0.2) is 24.3 Å². The van der Waals surface area contributed by atoms with Crippen LogP contribution in [0.1, 0.15) is 44.2 Å². The summed E-state index contributed by atoms with van der Waals surface area (Å²) in [7, 11) is 0. The fourth-order valence-corrected chi connectivity index (χ4v) is 2.63. The van der Waals surface area contributed by atoms with Crippen molar-refractivity contribution in [2.24, 2.45) is 0 Å². The second kappa shape index (κ2) is 3.93. The lowest BCUT2D eigenvalue weighted by Crippen LogP contribution is -2.38. The second-order valence-corrected chi connectivity index (χ2v) is 5.08. The number of hydrogen-bond donors (Lipinski definition) is 1. The quantitative estimate of drug-likeness (QED) is 0.810. The van der Waals surface area contributed by atoms with Crippen molar-refractivity contribution in [1.29, 1.82) is 0 Å². The topological polar surface area (TPSA) is 29.1 Å². The lowest BCUT2D eigenvalue weighted by Gasteiger charge is -2.28. The van der Waals surface area contributed by atoms with Gasteiger partial charge in [-0.15, -0.1) is 0 Å². The van der Waals surface area contributed by atoms with E-state index in [2.05, 4.69) is 50.4 Å². The summed E-state index contributed by atoms with van der Waals surface area (Å²) in [6.07, 6.45) is 1.64. The van der Waals surface area contributed by atoms with Crippen molar-refractivity contribution in [2.45, 2.75) is 45.1 Å². The summed E-state index contributed by atoms with van der Waals surface area (Å²) >= 11 is 0. The summed E-state index contributed by atoms with van der Waals surface area (Å²) in [4.78, 5) is 11.5. The zero-order valence-corrected chi connectivity index (χ0v) is 10.2. The van der Waals surface area contributed by atoms with E-state index in [1.165, 1.54) is 11.1 Å². The number of rotatable bonds is 2. The van der Waals surface area contributed by atoms with Crippen LogP contribution < -0.4 is 5.32 Å². The Morgan fingerprint density at radius 1 is 1.38 bits per heavy atom. The Kier molecular flexibility index (Phi) is 2.75. The highest BCUT2D eigenvalue weighted by molar-refractivity contribution is 5.81. The van der Waals surface area contributed by atoms with Gasteiger partial charge in [0.05, 0.1) is 0 Å². The third kappa shape index (κ3) is 1.84. The van der Waals surface area contributed by atoms with Gasteiger partial charge in [0, 0.05) is 17.9 Å². The van der Waals surface area contributed by atoms with Gasteiger partial charge < -0.3 is 5.32 Å². The minimum atomic E-state index is -0.123. The van der Waals surface area contributed by atoms with Crippen LogP contribution >= 0.6 is 0 Å². The maximum atomic E-state index is 11.5. The molecule has 1 unspecified atom stereocenters. The number of carbonyl (C=O) groups is 1. The first-order valence-electron chi connectivity index (χ1n) is 5.93. The lowest BCUT2D eigenvalue weighted by molar-refractivity contribution is -0.119. The highest BCUT2D eigenvalue weighted by Crippen LogP contribution is 2.37. The fraction of sp³-hybridized carbons (Fsp3) is 0.500. The summed E-state index contributed by atoms with van der Waals surface area (Å²) in [5.41, 5.74) is 2.56. The average Bonchev–Trinajstić information content (AvgIpc) is 2.51. The van der Waals surface area contributed by atoms with Crippen molar-refractivity contribution < 1.29 is 4.79 Å². The number of nitrogens with one attached hydrogen (secondary N) is 1. The molecule has 2 rings (SSSR count). The predicted octanol–water partition coefficient (Wildman–Crippen LogP) is 2.63. The van der Waals surface area contributed by atoms with Gasteiger partial charge in [-0.2, -0.15) is 0 Å². The minimum Gasteiger partial charge on any atom is -0.351 e. The highest BCUT2D eigenvalue weighted by Gasteiger charge is 2.40. The predicted molar refractivity (Wildman–Crippen MR) is 65.4 cm³/mol. The summed E-state index contributed by atoms with van der Waals surface area (Å²) < 4.78 is 0. The van der Waals surface area contributed by atoms with Crippen molar-refractivity contribution in [1.82, 2.24) is 5.32 Å². The molecule has 1 atom stereocenters. The molecule has 1 saturated heterocycles. The van der Waals surface area contributed by atoms with Gasteiger partial charge in [-0.25, -0.2) is 0 Å². The molecule has 1 aliphatic heterocycles. The third-order valence-corrected chi connectivity index (χ3v) is 3.53. The van der Waals surface area contributed by atoms with E-state index < -0.39 is 0 Å². The van der Waals surface area contributed by atoms with Gasteiger partial charge in [0.25, 0.3) is 0 Å². The van der Waals surface area contributed by atoms with E-state index in [9.17, 15) is 4.79 Å². The zero-order valence-electron chi connectivity index (χ0n) is 10.2. The summed E-state index contributed by atoms with van der Waals surface area (Å²) in [5.74, 6) is 0.469. The first-order chi connectivity index (χ1) is 7.54. The van der Waals surface area contributed by atoms with Crippen molar-refractivity contribution in [3.63, 3.8) is 0 Å². The minimum absolute atomic E-state index is 0.123. The molecular formula is C14H19NO. The van der Waals surface area contributed by atoms with E-state index in [1.54, 1.807) is 0 Å². The first-order valence-corrected chi connectivity index (χ1v) is 5.93. The monoisotopic (exact) mass is 217 g/mol. The van der Waals surface area contributed by atoms with Gasteiger partial charge in [0.15, 0.2) is 0 Å². The molecule has 1 amide bonds. The summed E-state index contributed by atoms with van der Waals surface area (Å²) in [5, 5.41) is 3.05. The van der Waals surface area contributed by atoms with Gasteiger partial charge in [0.1, 0.15) is 0 Å². The largest absolute Gasteiger partial charge is 0.351 e. The molecule has 0 bridgehead atoms. The van der Waals surface area contributed by atoms with Crippen LogP contribution in [0.4, 0.5) is 0 Å². The standard InChI is InChI=1S/C14H19NO/c1-4-10-7-5-6-8-11(10)12-9-13(16)15-14(12,2)3/h5-8,12H,4,9H2,1-3H3,(H,15,16). The van der Waals surface area contributed by atoms with Crippen LogP contribution in [0.25, 0.3) is 0 Å². The van der Waals surface area contributed by atoms with Gasteiger partial charge in [-0.05, 0) is 31.4 Å². The SMILES string of the molecule is CCc1ccccc1C1CC(=O)NC1(C)C. The van der Waals surface area contributed by atoms with Crippen LogP contribution in [-0.4, -0.2) is 11.4 Å². The fourth-order valence-electron chi connectivity index (χ4n) is 2.63. The molecule has 1 N–H and O–H groups in total. The lowest BCUT2D eigenvalue weighted by atomic mass is 9.81. The number of carbonyl (C=O) groups excluding carboxylic acids is 1. The molecule has 1 heterocycles. The molecule has 0 spiro atoms. The van der Waals surface area contributed by atoms with Crippen LogP contribution in [0, 0.1) is 0 Å². The first kappa shape index (κ1) is 11.2. The molecule has 1 aromatic carbocycles. The molecule has 86 valence electrons. The molecule has 0 aromatic heterocycles. The molecule has 0 saturated carbocycles. The van der Waals surface area contributed by atoms with E-state index in [0.717, 1.165) is 6.42 Å². The molecule has 1 aromatic rings. The Bertz CT molecular complexity index is 409. The molecule has 16 heavy (non-hydrogen) atoms. The Morgan fingerprint density at radius 2 is 2.06 bits per heavy atom. The van der Waals surface area contributed by atoms with Crippen LogP contribution in [0.5, 0.6) is 0 Å². The van der Waals surface area contributed by atoms with Gasteiger partial charge in [-0.3, -0.25) is 4.79 Å². The molecule has 0 radical (unpaired) electrons. The Balaban J connectivity index is 2.40. The Hall–Kier alpha value is -1.31. The Morgan fingerprint density at radius 3 is 2.62 bits per heavy atom. The third-order valence-electron chi connectivity index (χ3n) is 3.53. The van der Waals surface area contributed by atoms with E-state index in [1.807, 2.05) is 0 Å². The molecule has 1 aliphatic rings. The van der Waals surface area contributed by atoms with Gasteiger partial charge in [0.2, 0.25) is 5.91 Å². The van der Waals surface area contributed by atoms with Crippen LogP contribution in [0.2, 0.25) is 0 Å². The normalized spacial score (nSPS) is 23.2. The van der Waals surface area contributed by atoms with Gasteiger partial charge >= 0.3 is 0 Å². The van der Waals surface area contributed by atoms with E-state index in [-0.39, 0.29) is 11.4 Å². The molecular weight excluding hydrogens is 198 g/mol. The van der Waals surface area contributed by atoms with Crippen LogP contribution in [-0.2, 0) is 11.2 Å². The van der Waals surface area contributed by atoms with E-state index in [0.29, 0.717) is 12.3 Å². The Labute approximate surface area is 97.1 Å². The van der Waals surface area contributed by atoms with Crippen molar-refractivity contribution in [3.05, 3.63) is 35.4 Å². The number of hydrogen-bond acceptors (Lipinski definition) is 1. The molecule has 0 aliphatic carbocycles. The average molecular weight is 217 g/mol. The maximum absolute atomic E-state index is 11.5. The maximum Gasteiger partial charge on any atom is 0.221 e. The van der Waals surface area contributed by atoms with Gasteiger partial charge in [-0.1, -0.05) is 31.2 Å². The summed E-state index contributed by atoms with van der Waals surface area (Å²) in [6, 6.07) is 8.45. The van der Waals surface area contributed by atoms with Crippen molar-refractivity contribution >= 4 is 5.91 Å². The van der Waals surface area contributed by atoms with Crippen LogP contribution in [0.3, 0.4) is 0 Å². The second-order valence-electron chi connectivity index (χ2n) is 5.08. The highest BCUT2D eigenvalue weighted by atomic mass is 16.2. The van der Waals surface area contributed by atoms with Crippen molar-refractivity contribution in [3.8, 4) is 0 Å². The number of aryl methyl sites for hydroxylation is 1. The smallest absolute Gasteiger partial charge is 0.221 e. The van der Waals surface area contributed by atoms with Crippen molar-refractivity contribution in [2.75, 3.05) is 0 Å². The summed E-state index contributed by atoms with van der Waals surface area (Å²) in [6.45, 7) is 6.38. The number of benzene rings is 1. The zero-order chi connectivity index (χ0) is 11.8. The van der Waals surface area contributed by atoms with E-state index in [4.69, 9.17) is 0 Å². The molecule has 2 heteroatoms. The number of amides is 1. The molecule has 1 fully saturated rings. The van der Waals surface area contributed by atoms with E-state index >= 15 is 0 Å².